The summed E-state index contributed by atoms with van der Waals surface area (Å²) < 4.78 is 0. The van der Waals surface area contributed by atoms with E-state index in [1.807, 2.05) is 13.8 Å². The number of fused-ring (bicyclic) bond motifs is 1. The van der Waals surface area contributed by atoms with Gasteiger partial charge in [0.2, 0.25) is 0 Å². The first-order valence-electron chi connectivity index (χ1n) is 14.2. The van der Waals surface area contributed by atoms with Crippen LogP contribution in [0.4, 0.5) is 0 Å². The molecular weight excluding hydrogens is 420 g/mol. The molecule has 0 spiro atoms. The average molecular weight is 473 g/mol. The maximum atomic E-state index is 10.8. The van der Waals surface area contributed by atoms with E-state index in [1.54, 1.807) is 5.57 Å². The van der Waals surface area contributed by atoms with Gasteiger partial charge in [-0.3, -0.25) is 0 Å². The third kappa shape index (κ3) is 6.65. The second kappa shape index (κ2) is 11.9. The topological polar surface area (TPSA) is 60.7 Å². The van der Waals surface area contributed by atoms with Crippen LogP contribution in [0.25, 0.3) is 0 Å². The van der Waals surface area contributed by atoms with Gasteiger partial charge in [0.1, 0.15) is 0 Å². The fraction of sp³-hybridized carbons (Fsp3) is 0.806. The van der Waals surface area contributed by atoms with Crippen molar-refractivity contribution < 1.29 is 15.3 Å². The third-order valence-electron chi connectivity index (χ3n) is 9.65. The number of rotatable bonds is 10. The minimum atomic E-state index is -0.549. The fourth-order valence-electron chi connectivity index (χ4n) is 7.62. The van der Waals surface area contributed by atoms with Crippen LogP contribution in [-0.2, 0) is 0 Å². The van der Waals surface area contributed by atoms with Gasteiger partial charge in [-0.25, -0.2) is 0 Å². The molecule has 3 aliphatic carbocycles. The van der Waals surface area contributed by atoms with E-state index in [-0.39, 0.29) is 12.5 Å². The number of allylic oxidation sites excluding steroid dienone is 3. The molecule has 5 unspecified atom stereocenters. The van der Waals surface area contributed by atoms with Gasteiger partial charge in [-0.05, 0) is 118 Å². The molecule has 6 atom stereocenters. The van der Waals surface area contributed by atoms with E-state index in [2.05, 4.69) is 32.6 Å². The first kappa shape index (κ1) is 27.7. The Morgan fingerprint density at radius 1 is 1.12 bits per heavy atom. The molecule has 0 saturated heterocycles. The molecular formula is C31H52O3. The molecule has 0 aliphatic heterocycles. The predicted octanol–water partition coefficient (Wildman–Crippen LogP) is 7.12. The number of hydrogen-bond acceptors (Lipinski definition) is 3. The van der Waals surface area contributed by atoms with Crippen LogP contribution in [0, 0.1) is 29.1 Å². The third-order valence-corrected chi connectivity index (χ3v) is 9.65. The Morgan fingerprint density at radius 3 is 2.59 bits per heavy atom. The maximum Gasteiger partial charge on any atom is 0.0815 e. The zero-order valence-electron chi connectivity index (χ0n) is 22.5. The Morgan fingerprint density at radius 2 is 1.88 bits per heavy atom. The lowest BCUT2D eigenvalue weighted by molar-refractivity contribution is 0.0596. The van der Waals surface area contributed by atoms with Gasteiger partial charge in [-0.2, -0.15) is 0 Å². The fourth-order valence-corrected chi connectivity index (χ4v) is 7.62. The molecule has 3 N–H and O–H groups in total. The zero-order chi connectivity index (χ0) is 24.9. The molecule has 3 saturated carbocycles. The summed E-state index contributed by atoms with van der Waals surface area (Å²) in [5, 5.41) is 29.9. The first-order valence-corrected chi connectivity index (χ1v) is 14.2. The lowest BCUT2D eigenvalue weighted by atomic mass is 9.60. The van der Waals surface area contributed by atoms with Crippen molar-refractivity contribution in [3.63, 3.8) is 0 Å². The van der Waals surface area contributed by atoms with Gasteiger partial charge < -0.3 is 15.3 Å². The molecule has 0 radical (unpaired) electrons. The Balaban J connectivity index is 1.63. The van der Waals surface area contributed by atoms with E-state index in [9.17, 15) is 10.2 Å². The highest BCUT2D eigenvalue weighted by Gasteiger charge is 2.50. The van der Waals surface area contributed by atoms with E-state index in [0.717, 1.165) is 56.4 Å². The normalized spacial score (nSPS) is 35.7. The van der Waals surface area contributed by atoms with Crippen LogP contribution in [0.15, 0.2) is 35.5 Å². The largest absolute Gasteiger partial charge is 0.396 e. The standard InChI is InChI=1S/C31H52O3/c1-22(10-8-19-30(3,4)34)27-17-18-28-25(12-9-20-31(27,28)5)15-13-24-14-16-26(11-6-7-21-32)29(33)23(24)2/h13,15,22,26-29,32-34H,2,6-12,14,16-21H2,1,3-5H3/b24-13-,25-15+/t22-,26?,27?,28?,29?,31?/m1/s1. The van der Waals surface area contributed by atoms with Crippen molar-refractivity contribution in [1.82, 2.24) is 0 Å². The van der Waals surface area contributed by atoms with Gasteiger partial charge in [0, 0.05) is 6.61 Å². The predicted molar refractivity (Wildman–Crippen MR) is 142 cm³/mol. The molecule has 0 aromatic carbocycles. The lowest BCUT2D eigenvalue weighted by Gasteiger charge is -2.44. The van der Waals surface area contributed by atoms with Gasteiger partial charge in [-0.1, -0.05) is 57.4 Å². The summed E-state index contributed by atoms with van der Waals surface area (Å²) in [6.45, 7) is 13.4. The van der Waals surface area contributed by atoms with Crippen LogP contribution >= 0.6 is 0 Å². The minimum Gasteiger partial charge on any atom is -0.396 e. The van der Waals surface area contributed by atoms with E-state index in [0.29, 0.717) is 17.3 Å². The molecule has 0 aromatic rings. The lowest BCUT2D eigenvalue weighted by Crippen LogP contribution is -2.36. The highest BCUT2D eigenvalue weighted by atomic mass is 16.3. The molecule has 194 valence electrons. The quantitative estimate of drug-likeness (QED) is 0.297. The number of aliphatic hydroxyl groups is 3. The van der Waals surface area contributed by atoms with Gasteiger partial charge in [0.15, 0.2) is 0 Å². The van der Waals surface area contributed by atoms with Crippen molar-refractivity contribution in [2.24, 2.45) is 29.1 Å². The van der Waals surface area contributed by atoms with Crippen molar-refractivity contribution in [1.29, 1.82) is 0 Å². The molecule has 3 nitrogen and oxygen atoms in total. The highest BCUT2D eigenvalue weighted by Crippen LogP contribution is 2.60. The molecule has 3 heteroatoms. The Kier molecular flexibility index (Phi) is 9.68. The van der Waals surface area contributed by atoms with Gasteiger partial charge in [-0.15, -0.1) is 0 Å². The van der Waals surface area contributed by atoms with Crippen LogP contribution in [0.3, 0.4) is 0 Å². The molecule has 0 amide bonds. The molecule has 3 aliphatic rings. The van der Waals surface area contributed by atoms with E-state index in [1.165, 1.54) is 44.1 Å². The molecule has 0 bridgehead atoms. The summed E-state index contributed by atoms with van der Waals surface area (Å²) in [6.07, 6.45) is 18.8. The van der Waals surface area contributed by atoms with Gasteiger partial charge in [0.05, 0.1) is 11.7 Å². The van der Waals surface area contributed by atoms with Crippen molar-refractivity contribution in [3.8, 4) is 0 Å². The summed E-state index contributed by atoms with van der Waals surface area (Å²) in [7, 11) is 0. The Hall–Kier alpha value is -0.900. The molecule has 3 fully saturated rings. The molecule has 0 aromatic heterocycles. The van der Waals surface area contributed by atoms with Gasteiger partial charge >= 0.3 is 0 Å². The van der Waals surface area contributed by atoms with Gasteiger partial charge in [0.25, 0.3) is 0 Å². The van der Waals surface area contributed by atoms with Crippen molar-refractivity contribution >= 4 is 0 Å². The molecule has 3 rings (SSSR count). The number of unbranched alkanes of at least 4 members (excludes halogenated alkanes) is 1. The SMILES string of the molecule is C=C1/C(=C\C=C2/CCCC3(C)C2CCC3[C@H](C)CCCC(C)(C)O)CCC(CCCCO)C1O. The molecule has 34 heavy (non-hydrogen) atoms. The number of aliphatic hydroxyl groups excluding tert-OH is 2. The van der Waals surface area contributed by atoms with Crippen LogP contribution in [-0.4, -0.2) is 33.6 Å². The van der Waals surface area contributed by atoms with Crippen molar-refractivity contribution in [3.05, 3.63) is 35.5 Å². The summed E-state index contributed by atoms with van der Waals surface area (Å²) >= 11 is 0. The monoisotopic (exact) mass is 472 g/mol. The number of hydrogen-bond donors (Lipinski definition) is 3. The molecule has 0 heterocycles. The van der Waals surface area contributed by atoms with E-state index in [4.69, 9.17) is 5.11 Å². The summed E-state index contributed by atoms with van der Waals surface area (Å²) in [4.78, 5) is 0. The zero-order valence-corrected chi connectivity index (χ0v) is 22.5. The maximum absolute atomic E-state index is 10.8. The van der Waals surface area contributed by atoms with E-state index < -0.39 is 11.7 Å². The second-order valence-corrected chi connectivity index (χ2v) is 12.7. The summed E-state index contributed by atoms with van der Waals surface area (Å²) in [6, 6.07) is 0. The smallest absolute Gasteiger partial charge is 0.0815 e. The Bertz CT molecular complexity index is 742. The van der Waals surface area contributed by atoms with Crippen LogP contribution in [0.1, 0.15) is 111 Å². The summed E-state index contributed by atoms with van der Waals surface area (Å²) in [5.74, 6) is 2.47. The average Bonchev–Trinajstić information content (AvgIpc) is 3.13. The Labute approximate surface area is 209 Å². The van der Waals surface area contributed by atoms with Crippen LogP contribution in [0.2, 0.25) is 0 Å². The highest BCUT2D eigenvalue weighted by molar-refractivity contribution is 5.38. The second-order valence-electron chi connectivity index (χ2n) is 12.7. The van der Waals surface area contributed by atoms with E-state index >= 15 is 0 Å². The van der Waals surface area contributed by atoms with Crippen molar-refractivity contribution in [2.45, 2.75) is 123 Å². The first-order chi connectivity index (χ1) is 16.1. The van der Waals surface area contributed by atoms with Crippen molar-refractivity contribution in [2.75, 3.05) is 6.61 Å². The van der Waals surface area contributed by atoms with Crippen LogP contribution < -0.4 is 0 Å². The van der Waals surface area contributed by atoms with Crippen LogP contribution in [0.5, 0.6) is 0 Å². The minimum absolute atomic E-state index is 0.239. The summed E-state index contributed by atoms with van der Waals surface area (Å²) in [5.41, 5.74) is 3.63.